The first-order valence-electron chi connectivity index (χ1n) is 12.3. The van der Waals surface area contributed by atoms with Crippen LogP contribution in [-0.2, 0) is 28.0 Å². The Kier molecular flexibility index (Phi) is 5.66. The molecule has 0 bridgehead atoms. The summed E-state index contributed by atoms with van der Waals surface area (Å²) in [5.41, 5.74) is 9.03. The maximum absolute atomic E-state index is 3.46. The average molecular weight is 609 g/mol. The molecule has 0 atom stereocenters. The van der Waals surface area contributed by atoms with Crippen molar-refractivity contribution in [1.29, 1.82) is 0 Å². The molecule has 0 fully saturated rings. The van der Waals surface area contributed by atoms with Gasteiger partial charge in [0.1, 0.15) is 0 Å². The summed E-state index contributed by atoms with van der Waals surface area (Å²) in [4.78, 5) is 0. The van der Waals surface area contributed by atoms with Gasteiger partial charge in [-0.05, 0) is 0 Å². The Morgan fingerprint density at radius 3 is 1.44 bits per heavy atom. The van der Waals surface area contributed by atoms with Crippen LogP contribution in [0.4, 0.5) is 0 Å². The van der Waals surface area contributed by atoms with Crippen LogP contribution in [0, 0.1) is 0 Å². The number of fused-ring (bicyclic) bond motifs is 3. The quantitative estimate of drug-likeness (QED) is 0.298. The van der Waals surface area contributed by atoms with Crippen molar-refractivity contribution in [2.75, 3.05) is 0 Å². The molecule has 2 aliphatic rings. The van der Waals surface area contributed by atoms with Crippen LogP contribution in [0.2, 0.25) is 26.1 Å². The molecule has 2 heteroatoms. The monoisotopic (exact) mass is 610 g/mol. The van der Waals surface area contributed by atoms with Gasteiger partial charge in [-0.2, -0.15) is 0 Å². The molecule has 2 aliphatic carbocycles. The fourth-order valence-corrected chi connectivity index (χ4v) is 39.9. The van der Waals surface area contributed by atoms with Crippen molar-refractivity contribution < 1.29 is 17.1 Å². The van der Waals surface area contributed by atoms with Crippen LogP contribution < -0.4 is 0 Å². The Labute approximate surface area is 197 Å². The van der Waals surface area contributed by atoms with Crippen molar-refractivity contribution in [2.24, 2.45) is 0 Å². The van der Waals surface area contributed by atoms with Crippen LogP contribution in [0.5, 0.6) is 0 Å². The number of rotatable bonds is 2. The summed E-state index contributed by atoms with van der Waals surface area (Å²) in [5, 5.41) is 0. The van der Waals surface area contributed by atoms with Crippen molar-refractivity contribution in [3.05, 3.63) is 83.0 Å². The summed E-state index contributed by atoms with van der Waals surface area (Å²) in [6.07, 6.45) is 9.69. The Bertz CT molecular complexity index is 1140. The van der Waals surface area contributed by atoms with Gasteiger partial charge in [0.2, 0.25) is 0 Å². The van der Waals surface area contributed by atoms with Crippen LogP contribution in [0.3, 0.4) is 0 Å². The molecule has 0 heterocycles. The Hall–Kier alpha value is -0.993. The molecule has 0 aromatic heterocycles. The number of hydrogen-bond donors (Lipinski definition) is 0. The van der Waals surface area contributed by atoms with E-state index >= 15 is 0 Å². The molecule has 170 valence electrons. The van der Waals surface area contributed by atoms with E-state index in [4.69, 9.17) is 0 Å². The van der Waals surface area contributed by atoms with E-state index in [2.05, 4.69) is 125 Å². The van der Waals surface area contributed by atoms with E-state index in [0.29, 0.717) is 7.35 Å². The van der Waals surface area contributed by atoms with Crippen molar-refractivity contribution in [2.45, 2.75) is 82.2 Å². The summed E-state index contributed by atoms with van der Waals surface area (Å²) in [6.45, 7) is 19.3. The van der Waals surface area contributed by atoms with Crippen LogP contribution in [0.25, 0.3) is 11.1 Å². The predicted molar refractivity (Wildman–Crippen MR) is 142 cm³/mol. The molecule has 2 aromatic rings. The summed E-state index contributed by atoms with van der Waals surface area (Å²) in [7, 11) is 0. The fourth-order valence-electron chi connectivity index (χ4n) is 5.98. The van der Waals surface area contributed by atoms with Crippen LogP contribution in [-0.4, -0.2) is 5.49 Å². The van der Waals surface area contributed by atoms with Gasteiger partial charge in [-0.1, -0.05) is 0 Å². The number of allylic oxidation sites excluding steroid dienone is 4. The molecular formula is C30H42HfSi. The van der Waals surface area contributed by atoms with Crippen LogP contribution in [0.15, 0.2) is 60.7 Å². The molecule has 0 nitrogen and oxygen atoms in total. The van der Waals surface area contributed by atoms with Crippen LogP contribution in [0.1, 0.15) is 67.5 Å². The first-order chi connectivity index (χ1) is 14.7. The van der Waals surface area contributed by atoms with Gasteiger partial charge in [0.05, 0.1) is 0 Å². The van der Waals surface area contributed by atoms with Gasteiger partial charge in [-0.15, -0.1) is 0 Å². The Balaban J connectivity index is 2.09. The van der Waals surface area contributed by atoms with Crippen molar-refractivity contribution >= 4 is 5.49 Å². The Morgan fingerprint density at radius 1 is 0.688 bits per heavy atom. The van der Waals surface area contributed by atoms with E-state index in [1.54, 1.807) is 11.1 Å². The zero-order valence-corrected chi connectivity index (χ0v) is 26.5. The zero-order chi connectivity index (χ0) is 23.7. The molecule has 0 amide bonds. The molecule has 4 rings (SSSR count). The van der Waals surface area contributed by atoms with E-state index in [1.165, 1.54) is 22.3 Å². The number of benzene rings is 2. The minimum absolute atomic E-state index is 0.160. The maximum atomic E-state index is 2.80. The molecule has 32 heavy (non-hydrogen) atoms. The van der Waals surface area contributed by atoms with Gasteiger partial charge in [0, 0.05) is 0 Å². The standard InChI is InChI=1S/C21H25.C5H5.C2H6Si.2CH3.Hf/c1-20(2,3)16-9-7-14-11-15-8-10-17(21(4,5)6)13-19(15)18(14)12-16;1-2-4-5-3-1;1-3-2;;;/h7-13H,1-6H3;1-5H;1-2H3;2*1H3;. The van der Waals surface area contributed by atoms with E-state index in [-0.39, 0.29) is 10.8 Å². The molecule has 0 N–H and O–H groups in total. The SMILES string of the molecule is C[Si](C)=[Hf]([CH3])([CH3])([CH]1C=CC=C1)[CH]1c2ccc(C(C)(C)C)cc2-c2cc(C(C)(C)C)ccc21. The van der Waals surface area contributed by atoms with Gasteiger partial charge < -0.3 is 0 Å². The Morgan fingerprint density at radius 2 is 1.09 bits per heavy atom. The van der Waals surface area contributed by atoms with Gasteiger partial charge in [0.15, 0.2) is 0 Å². The normalized spacial score (nSPS) is 17.1. The van der Waals surface area contributed by atoms with E-state index in [9.17, 15) is 0 Å². The minimum atomic E-state index is -3.46. The predicted octanol–water partition coefficient (Wildman–Crippen LogP) is 9.30. The third kappa shape index (κ3) is 3.55. The summed E-state index contributed by atoms with van der Waals surface area (Å²) >= 11 is -3.46. The van der Waals surface area contributed by atoms with E-state index < -0.39 is 22.6 Å². The summed E-state index contributed by atoms with van der Waals surface area (Å²) in [5.74, 6) is 0. The molecule has 0 unspecified atom stereocenters. The van der Waals surface area contributed by atoms with Gasteiger partial charge >= 0.3 is 199 Å². The van der Waals surface area contributed by atoms with Crippen molar-refractivity contribution in [3.8, 4) is 11.1 Å². The first kappa shape index (κ1) is 24.1. The molecule has 0 radical (unpaired) electrons. The first-order valence-corrected chi connectivity index (χ1v) is 31.5. The fraction of sp³-hybridized carbons (Fsp3) is 0.467. The molecular weight excluding hydrogens is 567 g/mol. The average Bonchev–Trinajstić information content (AvgIpc) is 3.33. The van der Waals surface area contributed by atoms with E-state index in [1.807, 2.05) is 0 Å². The second-order valence-corrected chi connectivity index (χ2v) is 62.4. The zero-order valence-electron chi connectivity index (χ0n) is 21.9. The number of hydrogen-bond acceptors (Lipinski definition) is 0. The molecule has 0 saturated carbocycles. The molecule has 0 saturated heterocycles. The van der Waals surface area contributed by atoms with E-state index in [0.717, 1.165) is 0 Å². The topological polar surface area (TPSA) is 0 Å². The van der Waals surface area contributed by atoms with Gasteiger partial charge in [-0.25, -0.2) is 0 Å². The van der Waals surface area contributed by atoms with Crippen molar-refractivity contribution in [3.63, 3.8) is 0 Å². The van der Waals surface area contributed by atoms with Gasteiger partial charge in [-0.3, -0.25) is 0 Å². The molecule has 0 aliphatic heterocycles. The third-order valence-corrected chi connectivity index (χ3v) is 68.6. The molecule has 2 aromatic carbocycles. The van der Waals surface area contributed by atoms with Crippen LogP contribution >= 0.6 is 0 Å². The second kappa shape index (κ2) is 7.50. The molecule has 0 spiro atoms. The summed E-state index contributed by atoms with van der Waals surface area (Å²) in [6, 6.07) is 15.0. The summed E-state index contributed by atoms with van der Waals surface area (Å²) < 4.78 is 6.88. The third-order valence-electron chi connectivity index (χ3n) is 8.99. The van der Waals surface area contributed by atoms with Gasteiger partial charge in [0.25, 0.3) is 0 Å². The van der Waals surface area contributed by atoms with Crippen molar-refractivity contribution in [1.82, 2.24) is 0 Å². The second-order valence-electron chi connectivity index (χ2n) is 13.4.